The van der Waals surface area contributed by atoms with Gasteiger partial charge in [0.15, 0.2) is 10.8 Å². The van der Waals surface area contributed by atoms with Gasteiger partial charge in [0, 0.05) is 16.8 Å². The van der Waals surface area contributed by atoms with Crippen molar-refractivity contribution in [3.8, 4) is 5.69 Å². The number of carbonyl (C=O) groups is 1. The minimum Gasteiger partial charge on any atom is -0.317 e. The van der Waals surface area contributed by atoms with E-state index in [1.54, 1.807) is 11.3 Å². The topological polar surface area (TPSA) is 71.8 Å². The number of amides is 1. The first-order chi connectivity index (χ1) is 13.5. The Bertz CT molecular complexity index is 980. The van der Waals surface area contributed by atoms with Gasteiger partial charge in [-0.3, -0.25) is 10.1 Å². The molecule has 0 saturated carbocycles. The molecular formula is C21H25N5OS. The molecule has 28 heavy (non-hydrogen) atoms. The zero-order valence-corrected chi connectivity index (χ0v) is 17.3. The summed E-state index contributed by atoms with van der Waals surface area (Å²) < 4.78 is 1.82. The van der Waals surface area contributed by atoms with Crippen LogP contribution in [0.25, 0.3) is 5.69 Å². The van der Waals surface area contributed by atoms with Crippen molar-refractivity contribution in [2.75, 3.05) is 18.4 Å². The van der Waals surface area contributed by atoms with Crippen LogP contribution in [0, 0.1) is 20.8 Å². The number of carbonyl (C=O) groups excluding carboxylic acids is 1. The number of piperidine rings is 1. The van der Waals surface area contributed by atoms with Crippen LogP contribution in [0.3, 0.4) is 0 Å². The molecule has 1 aromatic carbocycles. The fraction of sp³-hybridized carbons (Fsp3) is 0.381. The van der Waals surface area contributed by atoms with Crippen LogP contribution >= 0.6 is 11.3 Å². The smallest absolute Gasteiger partial charge is 0.277 e. The Morgan fingerprint density at radius 2 is 1.86 bits per heavy atom. The van der Waals surface area contributed by atoms with Crippen LogP contribution in [-0.2, 0) is 0 Å². The highest BCUT2D eigenvalue weighted by Crippen LogP contribution is 2.31. The molecule has 1 saturated heterocycles. The first kappa shape index (κ1) is 18.8. The average Bonchev–Trinajstić information content (AvgIpc) is 3.28. The number of aryl methyl sites for hydroxylation is 3. The minimum atomic E-state index is -0.225. The molecule has 0 unspecified atom stereocenters. The number of hydrogen-bond acceptors (Lipinski definition) is 5. The maximum atomic E-state index is 12.7. The molecule has 0 bridgehead atoms. The normalized spacial score (nSPS) is 15.0. The number of rotatable bonds is 4. The van der Waals surface area contributed by atoms with Gasteiger partial charge in [0.2, 0.25) is 0 Å². The zero-order chi connectivity index (χ0) is 19.7. The summed E-state index contributed by atoms with van der Waals surface area (Å²) in [4.78, 5) is 18.3. The Kier molecular flexibility index (Phi) is 5.28. The Balaban J connectivity index is 1.50. The molecule has 0 aliphatic carbocycles. The number of anilines is 1. The van der Waals surface area contributed by atoms with Crippen LogP contribution in [0.2, 0.25) is 0 Å². The van der Waals surface area contributed by atoms with Crippen molar-refractivity contribution in [2.45, 2.75) is 39.5 Å². The first-order valence-corrected chi connectivity index (χ1v) is 10.4. The first-order valence-electron chi connectivity index (χ1n) is 9.63. The Morgan fingerprint density at radius 1 is 1.14 bits per heavy atom. The third kappa shape index (κ3) is 4.00. The van der Waals surface area contributed by atoms with Crippen LogP contribution in [-0.4, -0.2) is 33.8 Å². The summed E-state index contributed by atoms with van der Waals surface area (Å²) in [5.41, 5.74) is 4.63. The summed E-state index contributed by atoms with van der Waals surface area (Å²) in [5.74, 6) is 0.313. The molecule has 7 heteroatoms. The zero-order valence-electron chi connectivity index (χ0n) is 16.5. The van der Waals surface area contributed by atoms with Crippen LogP contribution in [0.4, 0.5) is 5.13 Å². The molecule has 0 spiro atoms. The van der Waals surface area contributed by atoms with Crippen LogP contribution in [0.1, 0.15) is 50.9 Å². The summed E-state index contributed by atoms with van der Waals surface area (Å²) in [5, 5.41) is 11.5. The molecule has 1 fully saturated rings. The van der Waals surface area contributed by atoms with Gasteiger partial charge in [-0.1, -0.05) is 6.07 Å². The fourth-order valence-electron chi connectivity index (χ4n) is 3.72. The Hall–Kier alpha value is -2.51. The lowest BCUT2D eigenvalue weighted by atomic mass is 9.97. The molecule has 4 rings (SSSR count). The molecule has 2 N–H and O–H groups in total. The number of aromatic nitrogens is 3. The van der Waals surface area contributed by atoms with Gasteiger partial charge in [0.05, 0.1) is 5.69 Å². The highest BCUT2D eigenvalue weighted by molar-refractivity contribution is 7.15. The van der Waals surface area contributed by atoms with Gasteiger partial charge < -0.3 is 5.32 Å². The van der Waals surface area contributed by atoms with E-state index in [9.17, 15) is 4.79 Å². The summed E-state index contributed by atoms with van der Waals surface area (Å²) >= 11 is 1.57. The number of nitrogens with one attached hydrogen (secondary N) is 2. The third-order valence-corrected chi connectivity index (χ3v) is 6.13. The second-order valence-electron chi connectivity index (χ2n) is 7.47. The molecule has 2 aromatic heterocycles. The lowest BCUT2D eigenvalue weighted by Crippen LogP contribution is -2.26. The van der Waals surface area contributed by atoms with E-state index in [-0.39, 0.29) is 5.91 Å². The molecule has 0 atom stereocenters. The van der Waals surface area contributed by atoms with E-state index in [1.807, 2.05) is 23.9 Å². The van der Waals surface area contributed by atoms with E-state index >= 15 is 0 Å². The Labute approximate surface area is 169 Å². The van der Waals surface area contributed by atoms with Crippen LogP contribution in [0.15, 0.2) is 30.5 Å². The quantitative estimate of drug-likeness (QED) is 0.701. The second kappa shape index (κ2) is 7.85. The van der Waals surface area contributed by atoms with E-state index < -0.39 is 0 Å². The Morgan fingerprint density at radius 3 is 2.57 bits per heavy atom. The largest absolute Gasteiger partial charge is 0.317 e. The predicted octanol–water partition coefficient (Wildman–Crippen LogP) is 3.97. The highest BCUT2D eigenvalue weighted by Gasteiger charge is 2.19. The maximum absolute atomic E-state index is 12.7. The molecule has 1 aliphatic heterocycles. The van der Waals surface area contributed by atoms with E-state index in [2.05, 4.69) is 52.8 Å². The van der Waals surface area contributed by atoms with Gasteiger partial charge in [-0.2, -0.15) is 5.10 Å². The summed E-state index contributed by atoms with van der Waals surface area (Å²) in [6, 6.07) is 8.08. The van der Waals surface area contributed by atoms with Gasteiger partial charge in [-0.05, 0) is 81.9 Å². The lowest BCUT2D eigenvalue weighted by molar-refractivity contribution is 0.102. The van der Waals surface area contributed by atoms with Gasteiger partial charge in [0.1, 0.15) is 0 Å². The van der Waals surface area contributed by atoms with Gasteiger partial charge >= 0.3 is 0 Å². The summed E-state index contributed by atoms with van der Waals surface area (Å²) in [6.07, 6.45) is 4.14. The second-order valence-corrected chi connectivity index (χ2v) is 8.54. The number of hydrogen-bond donors (Lipinski definition) is 2. The molecule has 0 radical (unpaired) electrons. The summed E-state index contributed by atoms with van der Waals surface area (Å²) in [7, 11) is 0. The van der Waals surface area contributed by atoms with Crippen LogP contribution in [0.5, 0.6) is 0 Å². The molecule has 3 heterocycles. The molecule has 1 amide bonds. The minimum absolute atomic E-state index is 0.225. The van der Waals surface area contributed by atoms with Gasteiger partial charge in [0.25, 0.3) is 5.91 Å². The number of benzene rings is 1. The van der Waals surface area contributed by atoms with Crippen molar-refractivity contribution in [3.63, 3.8) is 0 Å². The van der Waals surface area contributed by atoms with E-state index in [0.717, 1.165) is 37.3 Å². The van der Waals surface area contributed by atoms with Crippen molar-refractivity contribution in [3.05, 3.63) is 57.9 Å². The van der Waals surface area contributed by atoms with Crippen molar-refractivity contribution < 1.29 is 4.79 Å². The molecule has 146 valence electrons. The van der Waals surface area contributed by atoms with Crippen molar-refractivity contribution in [1.82, 2.24) is 20.1 Å². The van der Waals surface area contributed by atoms with E-state index in [0.29, 0.717) is 16.7 Å². The lowest BCUT2D eigenvalue weighted by Gasteiger charge is -2.20. The number of nitrogens with zero attached hydrogens (tertiary/aromatic N) is 3. The highest BCUT2D eigenvalue weighted by atomic mass is 32.1. The standard InChI is InChI=1S/C21H25N5OS/c1-13-8-14(2)10-17(9-13)26-15(3)11-18(25-26)20(27)24-21-23-12-19(28-21)16-4-6-22-7-5-16/h8-12,16,22H,4-7H2,1-3H3,(H,23,24,27). The molecule has 1 aliphatic rings. The van der Waals surface area contributed by atoms with Gasteiger partial charge in [-0.15, -0.1) is 11.3 Å². The van der Waals surface area contributed by atoms with Crippen molar-refractivity contribution in [2.24, 2.45) is 0 Å². The SMILES string of the molecule is Cc1cc(C)cc(-n2nc(C(=O)Nc3ncc(C4CCNCC4)s3)cc2C)c1. The molecular weight excluding hydrogens is 370 g/mol. The number of thiazole rings is 1. The van der Waals surface area contributed by atoms with Crippen LogP contribution < -0.4 is 10.6 Å². The molecule has 3 aromatic rings. The van der Waals surface area contributed by atoms with Crippen molar-refractivity contribution in [1.29, 1.82) is 0 Å². The monoisotopic (exact) mass is 395 g/mol. The fourth-order valence-corrected chi connectivity index (χ4v) is 4.70. The average molecular weight is 396 g/mol. The van der Waals surface area contributed by atoms with Crippen molar-refractivity contribution >= 4 is 22.4 Å². The van der Waals surface area contributed by atoms with E-state index in [1.165, 1.54) is 16.0 Å². The predicted molar refractivity (Wildman–Crippen MR) is 113 cm³/mol. The third-order valence-electron chi connectivity index (χ3n) is 5.06. The van der Waals surface area contributed by atoms with E-state index in [4.69, 9.17) is 0 Å². The molecule has 6 nitrogen and oxygen atoms in total. The summed E-state index contributed by atoms with van der Waals surface area (Å²) in [6.45, 7) is 8.16. The maximum Gasteiger partial charge on any atom is 0.277 e. The van der Waals surface area contributed by atoms with Gasteiger partial charge in [-0.25, -0.2) is 9.67 Å².